The Morgan fingerprint density at radius 3 is 2.31 bits per heavy atom. The van der Waals surface area contributed by atoms with Gasteiger partial charge in [-0.3, -0.25) is 14.5 Å². The molecule has 2 saturated heterocycles. The van der Waals surface area contributed by atoms with Gasteiger partial charge < -0.3 is 54.1 Å². The zero-order chi connectivity index (χ0) is 39.4. The summed E-state index contributed by atoms with van der Waals surface area (Å²) in [7, 11) is 0. The Balaban J connectivity index is 1.04. The molecule has 0 radical (unpaired) electrons. The summed E-state index contributed by atoms with van der Waals surface area (Å²) in [5.41, 5.74) is 3.04. The fourth-order valence-corrected chi connectivity index (χ4v) is 7.35. The van der Waals surface area contributed by atoms with Crippen LogP contribution in [0.3, 0.4) is 0 Å². The number of aliphatic hydroxyl groups is 5. The van der Waals surface area contributed by atoms with Crippen LogP contribution in [0, 0.1) is 12.3 Å². The minimum absolute atomic E-state index is 0.00615. The first-order chi connectivity index (χ1) is 26.3. The highest BCUT2D eigenvalue weighted by Crippen LogP contribution is 2.45. The summed E-state index contributed by atoms with van der Waals surface area (Å²) in [5.74, 6) is -0.646. The van der Waals surface area contributed by atoms with Gasteiger partial charge in [-0.05, 0) is 106 Å². The van der Waals surface area contributed by atoms with E-state index in [9.17, 15) is 39.6 Å². The lowest BCUT2D eigenvalue weighted by molar-refractivity contribution is -0.118. The van der Waals surface area contributed by atoms with Gasteiger partial charge in [0.15, 0.2) is 18.1 Å². The Morgan fingerprint density at radius 1 is 1.00 bits per heavy atom. The van der Waals surface area contributed by atoms with Gasteiger partial charge in [0, 0.05) is 42.9 Å². The molecule has 16 nitrogen and oxygen atoms in total. The molecule has 55 heavy (non-hydrogen) atoms. The molecule has 0 bridgehead atoms. The van der Waals surface area contributed by atoms with Gasteiger partial charge in [0.25, 0.3) is 5.91 Å². The summed E-state index contributed by atoms with van der Waals surface area (Å²) in [6, 6.07) is 10.3. The Morgan fingerprint density at radius 2 is 1.69 bits per heavy atom. The molecular formula is C39H49N3O13. The van der Waals surface area contributed by atoms with Crippen LogP contribution in [0.5, 0.6) is 5.75 Å². The molecule has 1 aromatic heterocycles. The lowest BCUT2D eigenvalue weighted by atomic mass is 9.77. The quantitative estimate of drug-likeness (QED) is 0.113. The third-order valence-electron chi connectivity index (χ3n) is 10.8. The van der Waals surface area contributed by atoms with Gasteiger partial charge in [0.05, 0.1) is 24.9 Å². The molecule has 0 unspecified atom stereocenters. The van der Waals surface area contributed by atoms with Crippen LogP contribution in [0.25, 0.3) is 0 Å². The van der Waals surface area contributed by atoms with Crippen LogP contribution in [-0.2, 0) is 22.7 Å². The zero-order valence-electron chi connectivity index (χ0n) is 30.9. The molecule has 1 spiro atoms. The highest BCUT2D eigenvalue weighted by molar-refractivity contribution is 5.98. The first-order valence-electron chi connectivity index (χ1n) is 18.6. The van der Waals surface area contributed by atoms with Crippen molar-refractivity contribution in [2.24, 2.45) is 5.41 Å². The van der Waals surface area contributed by atoms with Crippen molar-refractivity contribution in [3.63, 3.8) is 0 Å². The number of rotatable bonds is 16. The molecule has 298 valence electrons. The third kappa shape index (κ3) is 9.28. The van der Waals surface area contributed by atoms with Crippen LogP contribution in [0.4, 0.5) is 5.69 Å². The number of piperidine rings is 1. The first-order valence-corrected chi connectivity index (χ1v) is 18.6. The van der Waals surface area contributed by atoms with E-state index in [1.165, 1.54) is 0 Å². The van der Waals surface area contributed by atoms with Gasteiger partial charge in [0.1, 0.15) is 24.1 Å². The van der Waals surface area contributed by atoms with E-state index in [4.69, 9.17) is 23.4 Å². The number of hydrogen-bond donors (Lipinski definition) is 6. The predicted octanol–water partition coefficient (Wildman–Crippen LogP) is 1.36. The molecule has 1 saturated carbocycles. The van der Waals surface area contributed by atoms with E-state index in [1.807, 2.05) is 6.92 Å². The lowest BCUT2D eigenvalue weighted by Gasteiger charge is -2.39. The minimum atomic E-state index is -1.80. The van der Waals surface area contributed by atoms with E-state index in [1.54, 1.807) is 42.2 Å². The van der Waals surface area contributed by atoms with Crippen LogP contribution in [0.2, 0.25) is 0 Å². The summed E-state index contributed by atoms with van der Waals surface area (Å²) in [4.78, 5) is 54.8. The number of nitrogens with one attached hydrogen (secondary N) is 1. The number of ether oxygens (including phenoxy) is 2. The van der Waals surface area contributed by atoms with Crippen molar-refractivity contribution in [3.8, 4) is 5.75 Å². The van der Waals surface area contributed by atoms with Crippen molar-refractivity contribution in [2.75, 3.05) is 44.3 Å². The Bertz CT molecular complexity index is 1890. The number of aryl methyl sites for hydroxylation is 1. The number of anilines is 1. The van der Waals surface area contributed by atoms with E-state index in [2.05, 4.69) is 16.3 Å². The van der Waals surface area contributed by atoms with Gasteiger partial charge in [-0.15, -0.1) is 0 Å². The number of amides is 2. The fourth-order valence-electron chi connectivity index (χ4n) is 7.35. The highest BCUT2D eigenvalue weighted by Gasteiger charge is 2.45. The van der Waals surface area contributed by atoms with Gasteiger partial charge in [0.2, 0.25) is 5.91 Å². The second-order valence-corrected chi connectivity index (χ2v) is 14.8. The Kier molecular flexibility index (Phi) is 12.4. The number of aliphatic hydroxyl groups excluding tert-OH is 5. The molecule has 16 heteroatoms. The average molecular weight is 768 g/mol. The summed E-state index contributed by atoms with van der Waals surface area (Å²) >= 11 is 0. The minimum Gasteiger partial charge on any atom is -0.494 e. The first kappa shape index (κ1) is 40.1. The maximum Gasteiger partial charge on any atom is 0.519 e. The monoisotopic (exact) mass is 767 g/mol. The fraction of sp³-hybridized carbons (Fsp3) is 0.538. The SMILES string of the molecule is CCOc1cc(C(=O)OCc2oc(=O)oc2C)c(C2CC2)cc1CN1CCC2(CC1)CC(=O)N(c1ccc(C(=O)NC[C@H](O)[C@@H](O)[C@H](O)[C@H](O)CO)cc1)C2. The largest absolute Gasteiger partial charge is 0.519 e. The number of likely N-dealkylation sites (tertiary alicyclic amines) is 1. The van der Waals surface area contributed by atoms with Crippen LogP contribution in [-0.4, -0.2) is 112 Å². The second-order valence-electron chi connectivity index (χ2n) is 14.8. The van der Waals surface area contributed by atoms with E-state index in [0.29, 0.717) is 43.1 Å². The van der Waals surface area contributed by atoms with E-state index in [-0.39, 0.29) is 40.9 Å². The maximum absolute atomic E-state index is 13.3. The second kappa shape index (κ2) is 17.1. The molecule has 6 rings (SSSR count). The number of carbonyl (C=O) groups is 3. The van der Waals surface area contributed by atoms with Crippen LogP contribution in [0.15, 0.2) is 50.0 Å². The third-order valence-corrected chi connectivity index (χ3v) is 10.8. The molecule has 3 aromatic rings. The molecule has 2 aromatic carbocycles. The van der Waals surface area contributed by atoms with Gasteiger partial charge in [-0.2, -0.15) is 0 Å². The smallest absolute Gasteiger partial charge is 0.494 e. The number of nitrogens with zero attached hydrogens (tertiary/aromatic N) is 2. The molecule has 6 N–H and O–H groups in total. The number of carbonyl (C=O) groups excluding carboxylic acids is 3. The standard InChI is InChI=1S/C39H49N3O13/c1-3-52-31-15-28(37(50)53-20-32-22(2)54-38(51)55-32)27(23-4-5-23)14-25(31)18-41-12-10-39(11-13-41)16-33(46)42(21-39)26-8-6-24(7-9-26)36(49)40-17-29(44)34(47)35(48)30(45)19-43/h6-9,14-15,23,29-30,34-35,43-45,47-48H,3-5,10-13,16-21H2,1-2H3,(H,40,49)/t29-,30+,34+,35+/m0/s1. The normalized spacial score (nSPS) is 19.3. The number of esters is 1. The summed E-state index contributed by atoms with van der Waals surface area (Å²) in [6.07, 6.45) is -2.87. The molecule has 3 heterocycles. The van der Waals surface area contributed by atoms with Crippen molar-refractivity contribution in [1.29, 1.82) is 0 Å². The summed E-state index contributed by atoms with van der Waals surface area (Å²) in [6.45, 7) is 5.11. The van der Waals surface area contributed by atoms with Crippen LogP contribution >= 0.6 is 0 Å². The maximum atomic E-state index is 13.3. The van der Waals surface area contributed by atoms with E-state index >= 15 is 0 Å². The summed E-state index contributed by atoms with van der Waals surface area (Å²) in [5, 5.41) is 50.8. The molecule has 1 aliphatic carbocycles. The van der Waals surface area contributed by atoms with Crippen molar-refractivity contribution >= 4 is 23.5 Å². The van der Waals surface area contributed by atoms with Crippen molar-refractivity contribution in [3.05, 3.63) is 80.8 Å². The van der Waals surface area contributed by atoms with E-state index in [0.717, 1.165) is 49.9 Å². The Hall–Kier alpha value is -4.58. The van der Waals surface area contributed by atoms with Gasteiger partial charge >= 0.3 is 11.8 Å². The molecule has 4 atom stereocenters. The van der Waals surface area contributed by atoms with Gasteiger partial charge in [-0.1, -0.05) is 0 Å². The summed E-state index contributed by atoms with van der Waals surface area (Å²) < 4.78 is 21.4. The molecule has 3 aliphatic rings. The molecule has 3 fully saturated rings. The average Bonchev–Trinajstić information content (AvgIpc) is 3.91. The van der Waals surface area contributed by atoms with Crippen LogP contribution in [0.1, 0.15) is 88.3 Å². The molecule has 2 aliphatic heterocycles. The molecular weight excluding hydrogens is 718 g/mol. The lowest BCUT2D eigenvalue weighted by Crippen LogP contribution is -2.49. The Labute approximate surface area is 317 Å². The van der Waals surface area contributed by atoms with Crippen molar-refractivity contribution in [1.82, 2.24) is 10.2 Å². The highest BCUT2D eigenvalue weighted by atomic mass is 16.6. The topological polar surface area (TPSA) is 233 Å². The number of benzene rings is 2. The van der Waals surface area contributed by atoms with Gasteiger partial charge in [-0.25, -0.2) is 9.59 Å². The van der Waals surface area contributed by atoms with Crippen LogP contribution < -0.4 is 20.8 Å². The predicted molar refractivity (Wildman–Crippen MR) is 194 cm³/mol. The van der Waals surface area contributed by atoms with E-state index < -0.39 is 55.3 Å². The van der Waals surface area contributed by atoms with Crippen molar-refractivity contribution < 1.29 is 58.2 Å². The molecule has 2 amide bonds. The zero-order valence-corrected chi connectivity index (χ0v) is 30.9. The van der Waals surface area contributed by atoms with Crippen molar-refractivity contribution in [2.45, 2.75) is 89.4 Å². The number of hydrogen-bond acceptors (Lipinski definition) is 14.